The lowest BCUT2D eigenvalue weighted by Crippen LogP contribution is -2.50. The highest BCUT2D eigenvalue weighted by atomic mass is 16.4. The average Bonchev–Trinajstić information content (AvgIpc) is 2.31. The number of nitrogens with two attached hydrogens (primary N) is 1. The molecule has 0 bridgehead atoms. The van der Waals surface area contributed by atoms with Crippen molar-refractivity contribution in [3.05, 3.63) is 35.9 Å². The summed E-state index contributed by atoms with van der Waals surface area (Å²) in [4.78, 5) is 11.0. The summed E-state index contributed by atoms with van der Waals surface area (Å²) >= 11 is 0. The van der Waals surface area contributed by atoms with E-state index in [1.54, 1.807) is 0 Å². The molecule has 0 spiro atoms. The second-order valence-electron chi connectivity index (χ2n) is 4.65. The number of aliphatic carboxylic acids is 1. The molecule has 1 fully saturated rings. The Kier molecular flexibility index (Phi) is 2.97. The molecule has 1 aromatic carbocycles. The van der Waals surface area contributed by atoms with E-state index in [1.807, 2.05) is 18.2 Å². The van der Waals surface area contributed by atoms with Crippen molar-refractivity contribution in [2.24, 2.45) is 5.73 Å². The molecule has 0 amide bonds. The van der Waals surface area contributed by atoms with Crippen LogP contribution >= 0.6 is 0 Å². The summed E-state index contributed by atoms with van der Waals surface area (Å²) < 4.78 is 0. The van der Waals surface area contributed by atoms with Crippen LogP contribution in [0.5, 0.6) is 0 Å². The molecule has 0 heterocycles. The maximum atomic E-state index is 11.0. The number of benzene rings is 1. The number of rotatable bonds is 2. The Balaban J connectivity index is 2.03. The van der Waals surface area contributed by atoms with E-state index in [2.05, 4.69) is 12.1 Å². The summed E-state index contributed by atoms with van der Waals surface area (Å²) in [7, 11) is 0. The second kappa shape index (κ2) is 4.26. The molecule has 1 aromatic rings. The third-order valence-corrected chi connectivity index (χ3v) is 3.57. The fourth-order valence-electron chi connectivity index (χ4n) is 2.41. The molecule has 0 atom stereocenters. The predicted molar refractivity (Wildman–Crippen MR) is 62.2 cm³/mol. The van der Waals surface area contributed by atoms with Crippen LogP contribution in [0.25, 0.3) is 0 Å². The minimum absolute atomic E-state index is 0.470. The normalized spacial score (nSPS) is 29.9. The molecular weight excluding hydrogens is 202 g/mol. The van der Waals surface area contributed by atoms with Gasteiger partial charge in [-0.3, -0.25) is 4.79 Å². The fourth-order valence-corrected chi connectivity index (χ4v) is 2.41. The standard InChI is InChI=1S/C13H17NO2/c14-13(12(15)16)8-6-11(7-9-13)10-4-2-1-3-5-10/h1-5,11H,6-9,14H2,(H,15,16)/t11-,13+. The first kappa shape index (κ1) is 11.1. The number of hydrogen-bond acceptors (Lipinski definition) is 2. The SMILES string of the molecule is N[C@]1(C(=O)O)CC[C@H](c2ccccc2)CC1. The van der Waals surface area contributed by atoms with Gasteiger partial charge in [-0.1, -0.05) is 30.3 Å². The lowest BCUT2D eigenvalue weighted by molar-refractivity contribution is -0.144. The van der Waals surface area contributed by atoms with Gasteiger partial charge >= 0.3 is 5.97 Å². The molecule has 86 valence electrons. The molecule has 1 aliphatic rings. The average molecular weight is 219 g/mol. The zero-order valence-electron chi connectivity index (χ0n) is 9.23. The zero-order chi connectivity index (χ0) is 11.6. The Bertz CT molecular complexity index is 367. The molecule has 1 saturated carbocycles. The molecule has 16 heavy (non-hydrogen) atoms. The molecular formula is C13H17NO2. The van der Waals surface area contributed by atoms with Crippen molar-refractivity contribution in [2.45, 2.75) is 37.1 Å². The first-order chi connectivity index (χ1) is 7.62. The van der Waals surface area contributed by atoms with Crippen molar-refractivity contribution < 1.29 is 9.90 Å². The van der Waals surface area contributed by atoms with Gasteiger partial charge in [0, 0.05) is 0 Å². The van der Waals surface area contributed by atoms with E-state index in [1.165, 1.54) is 5.56 Å². The van der Waals surface area contributed by atoms with Gasteiger partial charge in [0.1, 0.15) is 5.54 Å². The van der Waals surface area contributed by atoms with Gasteiger partial charge in [0.2, 0.25) is 0 Å². The maximum Gasteiger partial charge on any atom is 0.323 e. The summed E-state index contributed by atoms with van der Waals surface area (Å²) in [6, 6.07) is 10.3. The summed E-state index contributed by atoms with van der Waals surface area (Å²) in [5.41, 5.74) is 6.15. The summed E-state index contributed by atoms with van der Waals surface area (Å²) in [6.07, 6.45) is 2.88. The van der Waals surface area contributed by atoms with Crippen molar-refractivity contribution in [3.63, 3.8) is 0 Å². The lowest BCUT2D eigenvalue weighted by atomic mass is 9.75. The van der Waals surface area contributed by atoms with Crippen LogP contribution < -0.4 is 5.73 Å². The molecule has 3 nitrogen and oxygen atoms in total. The second-order valence-corrected chi connectivity index (χ2v) is 4.65. The minimum atomic E-state index is -0.995. The first-order valence-corrected chi connectivity index (χ1v) is 5.69. The Morgan fingerprint density at radius 2 is 1.81 bits per heavy atom. The number of hydrogen-bond donors (Lipinski definition) is 2. The van der Waals surface area contributed by atoms with Crippen LogP contribution in [0.2, 0.25) is 0 Å². The monoisotopic (exact) mass is 219 g/mol. The van der Waals surface area contributed by atoms with Crippen molar-refractivity contribution in [2.75, 3.05) is 0 Å². The van der Waals surface area contributed by atoms with E-state index in [4.69, 9.17) is 10.8 Å². The maximum absolute atomic E-state index is 11.0. The molecule has 0 radical (unpaired) electrons. The predicted octanol–water partition coefficient (Wildman–Crippen LogP) is 2.13. The van der Waals surface area contributed by atoms with Gasteiger partial charge in [-0.05, 0) is 37.2 Å². The molecule has 0 unspecified atom stereocenters. The fraction of sp³-hybridized carbons (Fsp3) is 0.462. The largest absolute Gasteiger partial charge is 0.480 e. The van der Waals surface area contributed by atoms with Gasteiger partial charge < -0.3 is 10.8 Å². The van der Waals surface area contributed by atoms with Gasteiger partial charge in [0.15, 0.2) is 0 Å². The van der Waals surface area contributed by atoms with E-state index >= 15 is 0 Å². The van der Waals surface area contributed by atoms with Crippen molar-refractivity contribution in [1.29, 1.82) is 0 Å². The number of carboxylic acid groups (broad SMARTS) is 1. The molecule has 0 aliphatic heterocycles. The van der Waals surface area contributed by atoms with Crippen LogP contribution in [0.15, 0.2) is 30.3 Å². The Hall–Kier alpha value is -1.35. The highest BCUT2D eigenvalue weighted by Crippen LogP contribution is 2.36. The van der Waals surface area contributed by atoms with Gasteiger partial charge in [0.05, 0.1) is 0 Å². The van der Waals surface area contributed by atoms with E-state index in [0.29, 0.717) is 18.8 Å². The summed E-state index contributed by atoms with van der Waals surface area (Å²) in [5.74, 6) is -0.392. The number of carboxylic acids is 1. The van der Waals surface area contributed by atoms with Crippen LogP contribution in [-0.2, 0) is 4.79 Å². The molecule has 3 N–H and O–H groups in total. The molecule has 0 saturated heterocycles. The molecule has 1 aliphatic carbocycles. The van der Waals surface area contributed by atoms with Crippen LogP contribution in [0, 0.1) is 0 Å². The molecule has 3 heteroatoms. The van der Waals surface area contributed by atoms with Gasteiger partial charge in [-0.25, -0.2) is 0 Å². The van der Waals surface area contributed by atoms with Crippen LogP contribution in [0.4, 0.5) is 0 Å². The Morgan fingerprint density at radius 1 is 1.25 bits per heavy atom. The van der Waals surface area contributed by atoms with Crippen molar-refractivity contribution in [1.82, 2.24) is 0 Å². The van der Waals surface area contributed by atoms with E-state index in [0.717, 1.165) is 12.8 Å². The van der Waals surface area contributed by atoms with Crippen molar-refractivity contribution >= 4 is 5.97 Å². The van der Waals surface area contributed by atoms with Crippen LogP contribution in [0.1, 0.15) is 37.2 Å². The third kappa shape index (κ3) is 2.09. The summed E-state index contributed by atoms with van der Waals surface area (Å²) in [6.45, 7) is 0. The van der Waals surface area contributed by atoms with E-state index in [-0.39, 0.29) is 0 Å². The smallest absolute Gasteiger partial charge is 0.323 e. The van der Waals surface area contributed by atoms with Crippen LogP contribution in [0.3, 0.4) is 0 Å². The van der Waals surface area contributed by atoms with Gasteiger partial charge in [0.25, 0.3) is 0 Å². The minimum Gasteiger partial charge on any atom is -0.480 e. The highest BCUT2D eigenvalue weighted by molar-refractivity contribution is 5.78. The van der Waals surface area contributed by atoms with Crippen molar-refractivity contribution in [3.8, 4) is 0 Å². The molecule has 2 rings (SSSR count). The quantitative estimate of drug-likeness (QED) is 0.800. The first-order valence-electron chi connectivity index (χ1n) is 5.69. The van der Waals surface area contributed by atoms with Gasteiger partial charge in [-0.2, -0.15) is 0 Å². The third-order valence-electron chi connectivity index (χ3n) is 3.57. The highest BCUT2D eigenvalue weighted by Gasteiger charge is 2.38. The van der Waals surface area contributed by atoms with E-state index < -0.39 is 11.5 Å². The Morgan fingerprint density at radius 3 is 2.31 bits per heavy atom. The summed E-state index contributed by atoms with van der Waals surface area (Å²) in [5, 5.41) is 9.03. The van der Waals surface area contributed by atoms with Crippen LogP contribution in [-0.4, -0.2) is 16.6 Å². The van der Waals surface area contributed by atoms with E-state index in [9.17, 15) is 4.79 Å². The zero-order valence-corrected chi connectivity index (χ0v) is 9.23. The lowest BCUT2D eigenvalue weighted by Gasteiger charge is -2.33. The Labute approximate surface area is 95.3 Å². The molecule has 0 aromatic heterocycles. The number of carbonyl (C=O) groups is 1. The van der Waals surface area contributed by atoms with Gasteiger partial charge in [-0.15, -0.1) is 0 Å². The topological polar surface area (TPSA) is 63.3 Å².